The predicted octanol–water partition coefficient (Wildman–Crippen LogP) is 8.13. The van der Waals surface area contributed by atoms with Crippen LogP contribution in [0.25, 0.3) is 0 Å². The molecule has 4 aromatic carbocycles. The summed E-state index contributed by atoms with van der Waals surface area (Å²) in [6.45, 7) is 2.26. The SMILES string of the molecule is CCCCc1ccc(CCCCCC[P+](c2ccccc2)(c2ccccc2)c2ccccc2)cc1. The highest BCUT2D eigenvalue weighted by Crippen LogP contribution is 2.55. The Hall–Kier alpha value is -2.69. The minimum atomic E-state index is -1.67. The second-order valence-corrected chi connectivity index (χ2v) is 13.2. The first-order valence-electron chi connectivity index (χ1n) is 13.5. The molecule has 0 N–H and O–H groups in total. The van der Waals surface area contributed by atoms with E-state index in [0.29, 0.717) is 0 Å². The molecule has 0 amide bonds. The molecule has 0 spiro atoms. The van der Waals surface area contributed by atoms with Crippen molar-refractivity contribution in [2.45, 2.75) is 58.3 Å². The molecule has 0 saturated heterocycles. The fourth-order valence-corrected chi connectivity index (χ4v) is 9.58. The molecule has 0 radical (unpaired) electrons. The number of unbranched alkanes of at least 4 members (excludes halogenated alkanes) is 4. The van der Waals surface area contributed by atoms with Crippen LogP contribution in [0.2, 0.25) is 0 Å². The lowest BCUT2D eigenvalue weighted by atomic mass is 10.0. The normalized spacial score (nSPS) is 11.5. The largest absolute Gasteiger partial charge is 0.112 e. The summed E-state index contributed by atoms with van der Waals surface area (Å²) in [5.74, 6) is 0. The molecule has 0 bridgehead atoms. The van der Waals surface area contributed by atoms with Crippen molar-refractivity contribution in [3.8, 4) is 0 Å². The van der Waals surface area contributed by atoms with Crippen molar-refractivity contribution in [3.05, 3.63) is 126 Å². The van der Waals surface area contributed by atoms with Gasteiger partial charge in [0.05, 0.1) is 6.16 Å². The Morgan fingerprint density at radius 1 is 0.429 bits per heavy atom. The first-order valence-corrected chi connectivity index (χ1v) is 15.4. The fourth-order valence-electron chi connectivity index (χ4n) is 5.17. The van der Waals surface area contributed by atoms with Gasteiger partial charge in [-0.3, -0.25) is 0 Å². The van der Waals surface area contributed by atoms with Crippen LogP contribution in [0, 0.1) is 0 Å². The molecular formula is C34H40P+. The molecule has 4 aromatic rings. The van der Waals surface area contributed by atoms with Gasteiger partial charge in [-0.2, -0.15) is 0 Å². The minimum Gasteiger partial charge on any atom is -0.0654 e. The summed E-state index contributed by atoms with van der Waals surface area (Å²) in [6, 6.07) is 43.2. The van der Waals surface area contributed by atoms with Crippen LogP contribution in [-0.4, -0.2) is 6.16 Å². The van der Waals surface area contributed by atoms with E-state index >= 15 is 0 Å². The van der Waals surface area contributed by atoms with Gasteiger partial charge in [-0.15, -0.1) is 0 Å². The molecular weight excluding hydrogens is 439 g/mol. The summed E-state index contributed by atoms with van der Waals surface area (Å²) in [5, 5.41) is 4.50. The van der Waals surface area contributed by atoms with Crippen molar-refractivity contribution in [2.24, 2.45) is 0 Å². The van der Waals surface area contributed by atoms with Crippen molar-refractivity contribution in [3.63, 3.8) is 0 Å². The van der Waals surface area contributed by atoms with Gasteiger partial charge in [0.25, 0.3) is 0 Å². The average Bonchev–Trinajstić information content (AvgIpc) is 2.94. The van der Waals surface area contributed by atoms with Crippen LogP contribution < -0.4 is 15.9 Å². The highest BCUT2D eigenvalue weighted by atomic mass is 31.2. The van der Waals surface area contributed by atoms with E-state index < -0.39 is 7.26 Å². The third-order valence-corrected chi connectivity index (χ3v) is 11.7. The number of hydrogen-bond acceptors (Lipinski definition) is 0. The van der Waals surface area contributed by atoms with Crippen molar-refractivity contribution < 1.29 is 0 Å². The zero-order valence-corrected chi connectivity index (χ0v) is 22.2. The second-order valence-electron chi connectivity index (χ2n) is 9.62. The molecule has 0 heterocycles. The predicted molar refractivity (Wildman–Crippen MR) is 157 cm³/mol. The standard InChI is InChI=1S/C34H40P/c1-2-3-17-30-25-27-31(28-26-30)18-9-4-5-16-29-35(32-19-10-6-11-20-32,33-21-12-7-13-22-33)34-23-14-8-15-24-34/h6-8,10-15,19-28H,2-5,9,16-18,29H2,1H3/q+1. The maximum Gasteiger partial charge on any atom is 0.112 e. The second kappa shape index (κ2) is 13.4. The smallest absolute Gasteiger partial charge is 0.0654 e. The summed E-state index contributed by atoms with van der Waals surface area (Å²) in [5.41, 5.74) is 2.98. The Balaban J connectivity index is 1.42. The zero-order chi connectivity index (χ0) is 24.2. The van der Waals surface area contributed by atoms with Crippen molar-refractivity contribution in [1.82, 2.24) is 0 Å². The van der Waals surface area contributed by atoms with E-state index in [1.165, 1.54) is 84.6 Å². The lowest BCUT2D eigenvalue weighted by Crippen LogP contribution is -2.33. The topological polar surface area (TPSA) is 0 Å². The van der Waals surface area contributed by atoms with Crippen molar-refractivity contribution >= 4 is 23.2 Å². The van der Waals surface area contributed by atoms with Crippen LogP contribution in [-0.2, 0) is 12.8 Å². The van der Waals surface area contributed by atoms with E-state index in [1.807, 2.05) is 0 Å². The molecule has 0 fully saturated rings. The fraction of sp³-hybridized carbons (Fsp3) is 0.294. The summed E-state index contributed by atoms with van der Waals surface area (Å²) in [6.07, 6.45) is 11.3. The molecule has 180 valence electrons. The number of aryl methyl sites for hydroxylation is 2. The van der Waals surface area contributed by atoms with Crippen molar-refractivity contribution in [1.29, 1.82) is 0 Å². The molecule has 0 saturated carbocycles. The number of hydrogen-bond donors (Lipinski definition) is 0. The average molecular weight is 480 g/mol. The van der Waals surface area contributed by atoms with Crippen LogP contribution in [0.3, 0.4) is 0 Å². The Labute approximate surface area is 213 Å². The van der Waals surface area contributed by atoms with Gasteiger partial charge in [-0.25, -0.2) is 0 Å². The van der Waals surface area contributed by atoms with Gasteiger partial charge in [0.2, 0.25) is 0 Å². The Morgan fingerprint density at radius 2 is 0.829 bits per heavy atom. The minimum absolute atomic E-state index is 1.20. The maximum atomic E-state index is 2.36. The Morgan fingerprint density at radius 3 is 1.26 bits per heavy atom. The number of rotatable bonds is 13. The summed E-state index contributed by atoms with van der Waals surface area (Å²) >= 11 is 0. The van der Waals surface area contributed by atoms with E-state index in [0.717, 1.165) is 0 Å². The molecule has 35 heavy (non-hydrogen) atoms. The van der Waals surface area contributed by atoms with E-state index in [9.17, 15) is 0 Å². The highest BCUT2D eigenvalue weighted by molar-refractivity contribution is 7.95. The van der Waals surface area contributed by atoms with Crippen LogP contribution in [0.5, 0.6) is 0 Å². The van der Waals surface area contributed by atoms with Crippen LogP contribution >= 0.6 is 7.26 Å². The number of benzene rings is 4. The molecule has 0 aliphatic carbocycles. The van der Waals surface area contributed by atoms with Gasteiger partial charge in [0.1, 0.15) is 23.2 Å². The zero-order valence-electron chi connectivity index (χ0n) is 21.3. The van der Waals surface area contributed by atoms with Gasteiger partial charge >= 0.3 is 0 Å². The Bertz CT molecular complexity index is 1000. The lowest BCUT2D eigenvalue weighted by molar-refractivity contribution is 0.669. The molecule has 4 rings (SSSR count). The third kappa shape index (κ3) is 6.71. The summed E-state index contributed by atoms with van der Waals surface area (Å²) < 4.78 is 0. The summed E-state index contributed by atoms with van der Waals surface area (Å²) in [7, 11) is -1.67. The first-order chi connectivity index (χ1) is 17.3. The summed E-state index contributed by atoms with van der Waals surface area (Å²) in [4.78, 5) is 0. The molecule has 0 aliphatic rings. The lowest BCUT2D eigenvalue weighted by Gasteiger charge is -2.27. The van der Waals surface area contributed by atoms with Gasteiger partial charge in [-0.05, 0) is 86.1 Å². The van der Waals surface area contributed by atoms with Crippen molar-refractivity contribution in [2.75, 3.05) is 6.16 Å². The van der Waals surface area contributed by atoms with Gasteiger partial charge < -0.3 is 0 Å². The Kier molecular flexibility index (Phi) is 9.74. The van der Waals surface area contributed by atoms with Gasteiger partial charge in [0, 0.05) is 0 Å². The van der Waals surface area contributed by atoms with E-state index in [1.54, 1.807) is 0 Å². The maximum absolute atomic E-state index is 2.36. The molecule has 0 nitrogen and oxygen atoms in total. The van der Waals surface area contributed by atoms with Crippen LogP contribution in [0.1, 0.15) is 56.6 Å². The molecule has 0 aliphatic heterocycles. The van der Waals surface area contributed by atoms with E-state index in [-0.39, 0.29) is 0 Å². The van der Waals surface area contributed by atoms with Gasteiger partial charge in [0.15, 0.2) is 0 Å². The van der Waals surface area contributed by atoms with E-state index in [2.05, 4.69) is 122 Å². The molecule has 0 atom stereocenters. The third-order valence-electron chi connectivity index (χ3n) is 7.14. The monoisotopic (exact) mass is 479 g/mol. The van der Waals surface area contributed by atoms with Gasteiger partial charge in [-0.1, -0.05) is 98.6 Å². The quantitative estimate of drug-likeness (QED) is 0.134. The molecule has 0 unspecified atom stereocenters. The highest BCUT2D eigenvalue weighted by Gasteiger charge is 2.44. The molecule has 1 heteroatoms. The van der Waals surface area contributed by atoms with Crippen LogP contribution in [0.15, 0.2) is 115 Å². The van der Waals surface area contributed by atoms with Crippen LogP contribution in [0.4, 0.5) is 0 Å². The molecule has 0 aromatic heterocycles. The van der Waals surface area contributed by atoms with E-state index in [4.69, 9.17) is 0 Å². The first kappa shape index (κ1) is 25.4.